The zero-order valence-corrected chi connectivity index (χ0v) is 29.0. The molecule has 6 aromatic rings. The van der Waals surface area contributed by atoms with Crippen molar-refractivity contribution in [3.63, 3.8) is 0 Å². The van der Waals surface area contributed by atoms with Crippen LogP contribution in [0.25, 0.3) is 32.0 Å². The number of methoxy groups -OCH3 is 1. The summed E-state index contributed by atoms with van der Waals surface area (Å²) in [6.45, 7) is 3.06. The summed E-state index contributed by atoms with van der Waals surface area (Å²) in [4.78, 5) is 39.3. The van der Waals surface area contributed by atoms with E-state index >= 15 is 0 Å². The Labute approximate surface area is 299 Å². The van der Waals surface area contributed by atoms with E-state index in [2.05, 4.69) is 15.5 Å². The number of thiophene rings is 1. The van der Waals surface area contributed by atoms with E-state index < -0.39 is 5.76 Å². The molecule has 2 unspecified atom stereocenters. The molecule has 2 aromatic carbocycles. The van der Waals surface area contributed by atoms with Crippen molar-refractivity contribution in [1.29, 1.82) is 0 Å². The highest BCUT2D eigenvalue weighted by atomic mass is 32.1. The molecule has 2 N–H and O–H groups in total. The normalized spacial score (nSPS) is 17.8. The number of anilines is 1. The van der Waals surface area contributed by atoms with E-state index in [1.807, 2.05) is 19.1 Å². The van der Waals surface area contributed by atoms with Gasteiger partial charge in [-0.2, -0.15) is 0 Å². The van der Waals surface area contributed by atoms with Gasteiger partial charge < -0.3 is 24.1 Å². The van der Waals surface area contributed by atoms with E-state index in [0.29, 0.717) is 72.9 Å². The molecule has 2 aliphatic heterocycles. The molecule has 3 aliphatic rings. The van der Waals surface area contributed by atoms with Gasteiger partial charge in [0, 0.05) is 28.2 Å². The molecule has 1 amide bonds. The number of benzene rings is 2. The highest BCUT2D eigenvalue weighted by molar-refractivity contribution is 7.23. The number of ether oxygens (including phenoxy) is 2. The van der Waals surface area contributed by atoms with E-state index in [1.165, 1.54) is 36.6 Å². The Hall–Kier alpha value is -5.47. The zero-order valence-electron chi connectivity index (χ0n) is 28.2. The summed E-state index contributed by atoms with van der Waals surface area (Å²) < 4.78 is 46.0. The Morgan fingerprint density at radius 3 is 2.69 bits per heavy atom. The zero-order chi connectivity index (χ0) is 35.7. The van der Waals surface area contributed by atoms with Gasteiger partial charge in [-0.15, -0.1) is 16.4 Å². The van der Waals surface area contributed by atoms with Gasteiger partial charge >= 0.3 is 5.76 Å². The number of nitrogens with one attached hydrogen (secondary N) is 2. The van der Waals surface area contributed by atoms with Crippen molar-refractivity contribution in [2.75, 3.05) is 32.2 Å². The van der Waals surface area contributed by atoms with Crippen molar-refractivity contribution in [3.8, 4) is 27.6 Å². The topological polar surface area (TPSA) is 135 Å². The van der Waals surface area contributed by atoms with E-state index in [4.69, 9.17) is 23.9 Å². The lowest BCUT2D eigenvalue weighted by molar-refractivity contribution is 0.00352. The number of pyridine rings is 2. The molecular weight excluding hydrogens is 691 g/mol. The van der Waals surface area contributed by atoms with Gasteiger partial charge in [-0.1, -0.05) is 18.2 Å². The fourth-order valence-corrected chi connectivity index (χ4v) is 8.97. The quantitative estimate of drug-likeness (QED) is 0.176. The average Bonchev–Trinajstić information content (AvgIpc) is 3.93. The number of hydrogen-bond acceptors (Lipinski definition) is 10. The maximum absolute atomic E-state index is 14.5. The fourth-order valence-electron chi connectivity index (χ4n) is 7.82. The number of aryl methyl sites for hydroxylation is 3. The van der Waals surface area contributed by atoms with Gasteiger partial charge in [-0.25, -0.2) is 23.7 Å². The van der Waals surface area contributed by atoms with Crippen LogP contribution in [0.5, 0.6) is 5.75 Å². The number of halogens is 2. The third kappa shape index (κ3) is 5.35. The van der Waals surface area contributed by atoms with Crippen LogP contribution in [0.4, 0.5) is 14.6 Å². The predicted octanol–water partition coefficient (Wildman–Crippen LogP) is 6.71. The van der Waals surface area contributed by atoms with Crippen LogP contribution in [0.1, 0.15) is 62.6 Å². The molecule has 6 heterocycles. The second kappa shape index (κ2) is 12.6. The Balaban J connectivity index is 1.22. The van der Waals surface area contributed by atoms with Gasteiger partial charge in [0.2, 0.25) is 0 Å². The van der Waals surface area contributed by atoms with Gasteiger partial charge in [0.15, 0.2) is 11.6 Å². The fraction of sp³-hybridized carbons (Fsp3) is 0.289. The van der Waals surface area contributed by atoms with Crippen molar-refractivity contribution in [2.24, 2.45) is 0 Å². The standard InChI is InChI=1S/C38H32F2N6O5S/c1-18-15-20-16-28(52-34(20)35(41-18)43-25-12-9-23-22(25)8-10-24(40)33(23)49-2)30-29(36-44-45-38(48)51-36)26(11-5-19-3-6-21(39)7-4-19)42-32-27-17-50-14-13-46(27)37(47)31(30)32/h3-4,6-8,10,15-16,25,27H,5,9,11-14,17H2,1-2H3,(H,41,43)(H,45,48). The van der Waals surface area contributed by atoms with Crippen LogP contribution in [0.3, 0.4) is 0 Å². The lowest BCUT2D eigenvalue weighted by atomic mass is 9.93. The maximum atomic E-state index is 14.5. The first kappa shape index (κ1) is 32.4. The molecule has 9 rings (SSSR count). The molecule has 4 aromatic heterocycles. The molecule has 52 heavy (non-hydrogen) atoms. The molecule has 11 nitrogen and oxygen atoms in total. The average molecular weight is 723 g/mol. The Bertz CT molecular complexity index is 2460. The number of carbonyl (C=O) groups excluding carboxylic acids is 1. The van der Waals surface area contributed by atoms with Crippen molar-refractivity contribution in [3.05, 3.63) is 110 Å². The van der Waals surface area contributed by atoms with Crippen molar-refractivity contribution in [1.82, 2.24) is 25.1 Å². The van der Waals surface area contributed by atoms with E-state index in [-0.39, 0.29) is 41.3 Å². The second-order valence-corrected chi connectivity index (χ2v) is 14.3. The van der Waals surface area contributed by atoms with Crippen LogP contribution in [0, 0.1) is 18.6 Å². The van der Waals surface area contributed by atoms with Gasteiger partial charge in [-0.3, -0.25) is 9.78 Å². The van der Waals surface area contributed by atoms with E-state index in [1.54, 1.807) is 23.1 Å². The molecule has 0 saturated carbocycles. The van der Waals surface area contributed by atoms with Crippen LogP contribution >= 0.6 is 11.3 Å². The lowest BCUT2D eigenvalue weighted by Crippen LogP contribution is -2.38. The van der Waals surface area contributed by atoms with Gasteiger partial charge in [-0.05, 0) is 79.5 Å². The van der Waals surface area contributed by atoms with Gasteiger partial charge in [0.1, 0.15) is 11.6 Å². The Morgan fingerprint density at radius 2 is 1.90 bits per heavy atom. The van der Waals surface area contributed by atoms with Crippen molar-refractivity contribution in [2.45, 2.75) is 44.7 Å². The van der Waals surface area contributed by atoms with Gasteiger partial charge in [0.05, 0.1) is 59.6 Å². The number of carbonyl (C=O) groups is 1. The third-order valence-corrected chi connectivity index (χ3v) is 11.3. The summed E-state index contributed by atoms with van der Waals surface area (Å²) in [6, 6.07) is 13.0. The third-order valence-electron chi connectivity index (χ3n) is 10.1. The number of rotatable bonds is 8. The number of hydrogen-bond donors (Lipinski definition) is 2. The summed E-state index contributed by atoms with van der Waals surface area (Å²) in [6.07, 6.45) is 2.29. The number of H-pyrrole nitrogens is 1. The first-order valence-corrected chi connectivity index (χ1v) is 17.9. The summed E-state index contributed by atoms with van der Waals surface area (Å²) in [5, 5.41) is 11.2. The van der Waals surface area contributed by atoms with Gasteiger partial charge in [0.25, 0.3) is 11.8 Å². The lowest BCUT2D eigenvalue weighted by Gasteiger charge is -2.29. The largest absolute Gasteiger partial charge is 0.493 e. The minimum absolute atomic E-state index is 0.0205. The predicted molar refractivity (Wildman–Crippen MR) is 190 cm³/mol. The molecule has 264 valence electrons. The molecule has 14 heteroatoms. The van der Waals surface area contributed by atoms with Crippen LogP contribution in [0.15, 0.2) is 57.7 Å². The van der Waals surface area contributed by atoms with Crippen molar-refractivity contribution >= 4 is 33.1 Å². The number of aromatic nitrogens is 4. The monoisotopic (exact) mass is 722 g/mol. The minimum Gasteiger partial charge on any atom is -0.493 e. The molecule has 2 atom stereocenters. The first-order valence-electron chi connectivity index (χ1n) is 17.1. The summed E-state index contributed by atoms with van der Waals surface area (Å²) >= 11 is 1.46. The number of morpholine rings is 1. The second-order valence-electron chi connectivity index (χ2n) is 13.2. The number of amides is 1. The van der Waals surface area contributed by atoms with Crippen LogP contribution in [-0.4, -0.2) is 57.8 Å². The molecule has 0 radical (unpaired) electrons. The first-order chi connectivity index (χ1) is 25.3. The molecule has 1 saturated heterocycles. The van der Waals surface area contributed by atoms with E-state index in [9.17, 15) is 18.4 Å². The summed E-state index contributed by atoms with van der Waals surface area (Å²) in [5.41, 5.74) is 6.12. The molecule has 1 aliphatic carbocycles. The molecule has 1 fully saturated rings. The molecule has 0 spiro atoms. The molecular formula is C38H32F2N6O5S. The summed E-state index contributed by atoms with van der Waals surface area (Å²) in [5.74, 6) is -0.669. The maximum Gasteiger partial charge on any atom is 0.434 e. The van der Waals surface area contributed by atoms with Crippen molar-refractivity contribution < 1.29 is 27.5 Å². The van der Waals surface area contributed by atoms with Crippen LogP contribution in [-0.2, 0) is 24.0 Å². The highest BCUT2D eigenvalue weighted by Gasteiger charge is 2.44. The highest BCUT2D eigenvalue weighted by Crippen LogP contribution is 2.49. The smallest absolute Gasteiger partial charge is 0.434 e. The SMILES string of the molecule is COc1c(F)ccc2c1CCC2Nc1nc(C)cc2cc(-c3c4c(nc(CCc5ccc(F)cc5)c3-c3n[nH]c(=O)o3)C3COCCN3C4=O)sc12. The summed E-state index contributed by atoms with van der Waals surface area (Å²) in [7, 11) is 1.48. The number of nitrogens with zero attached hydrogens (tertiary/aromatic N) is 4. The number of aromatic amines is 1. The molecule has 0 bridgehead atoms. The Morgan fingerprint density at radius 1 is 1.06 bits per heavy atom. The van der Waals surface area contributed by atoms with E-state index in [0.717, 1.165) is 43.8 Å². The Kier molecular flexibility index (Phi) is 7.88. The number of fused-ring (bicyclic) bond motifs is 5. The van der Waals surface area contributed by atoms with Crippen LogP contribution < -0.4 is 15.8 Å². The van der Waals surface area contributed by atoms with Crippen LogP contribution in [0.2, 0.25) is 0 Å². The minimum atomic E-state index is -0.737.